The molecule has 0 radical (unpaired) electrons. The normalized spacial score (nSPS) is 9.19. The van der Waals surface area contributed by atoms with Crippen LogP contribution in [0.1, 0.15) is 51.0 Å². The first-order valence-corrected chi connectivity index (χ1v) is 7.71. The van der Waals surface area contributed by atoms with Crippen LogP contribution in [0.4, 0.5) is 0 Å². The summed E-state index contributed by atoms with van der Waals surface area (Å²) in [5.41, 5.74) is 1.17. The average Bonchev–Trinajstić information content (AvgIpc) is 2.55. The molecule has 0 spiro atoms. The molecule has 1 aromatic carbocycles. The van der Waals surface area contributed by atoms with Crippen molar-refractivity contribution < 1.29 is 9.53 Å². The van der Waals surface area contributed by atoms with Crippen LogP contribution in [0, 0.1) is 0 Å². The largest absolute Gasteiger partial charge is 0.463 e. The van der Waals surface area contributed by atoms with E-state index in [0.717, 1.165) is 12.8 Å². The number of carbonyl (C=O) groups excluding carboxylic acids is 1. The highest BCUT2D eigenvalue weighted by atomic mass is 16.5. The third-order valence-electron chi connectivity index (χ3n) is 2.94. The Bertz CT molecular complexity index is 382. The predicted octanol–water partition coefficient (Wildman–Crippen LogP) is 5.41. The second-order valence-electron chi connectivity index (χ2n) is 4.75. The number of unbranched alkanes of at least 4 members (excludes halogenated alkanes) is 5. The highest BCUT2D eigenvalue weighted by Gasteiger charge is 1.94. The van der Waals surface area contributed by atoms with Gasteiger partial charge >= 0.3 is 5.97 Å². The van der Waals surface area contributed by atoms with Crippen molar-refractivity contribution in [3.05, 3.63) is 55.1 Å². The maximum Gasteiger partial charge on any atom is 0.330 e. The molecule has 0 aliphatic carbocycles. The van der Waals surface area contributed by atoms with E-state index in [2.05, 4.69) is 20.1 Å². The lowest BCUT2D eigenvalue weighted by molar-refractivity contribution is -0.137. The fourth-order valence-electron chi connectivity index (χ4n) is 1.70. The Morgan fingerprint density at radius 1 is 1.05 bits per heavy atom. The molecule has 0 unspecified atom stereocenters. The van der Waals surface area contributed by atoms with Crippen LogP contribution >= 0.6 is 0 Å². The Morgan fingerprint density at radius 2 is 1.67 bits per heavy atom. The molecule has 1 rings (SSSR count). The van der Waals surface area contributed by atoms with Crippen LogP contribution in [-0.4, -0.2) is 12.6 Å². The van der Waals surface area contributed by atoms with Crippen LogP contribution in [0.2, 0.25) is 0 Å². The van der Waals surface area contributed by atoms with Crippen molar-refractivity contribution in [3.63, 3.8) is 0 Å². The molecule has 0 heterocycles. The van der Waals surface area contributed by atoms with Gasteiger partial charge in [0.1, 0.15) is 0 Å². The second kappa shape index (κ2) is 14.6. The summed E-state index contributed by atoms with van der Waals surface area (Å²) in [4.78, 5) is 10.6. The Balaban J connectivity index is 0.000000423. The van der Waals surface area contributed by atoms with Crippen LogP contribution in [0.3, 0.4) is 0 Å². The molecule has 0 bridgehead atoms. The van der Waals surface area contributed by atoms with Gasteiger partial charge in [0.05, 0.1) is 6.61 Å². The highest BCUT2D eigenvalue weighted by Crippen LogP contribution is 2.04. The summed E-state index contributed by atoms with van der Waals surface area (Å²) >= 11 is 0. The van der Waals surface area contributed by atoms with Crippen LogP contribution in [0.25, 0.3) is 6.08 Å². The molecular formula is C19H28O2. The number of esters is 1. The van der Waals surface area contributed by atoms with E-state index in [4.69, 9.17) is 4.74 Å². The molecule has 0 N–H and O–H groups in total. The zero-order valence-electron chi connectivity index (χ0n) is 13.2. The first kappa shape index (κ1) is 19.2. The molecule has 0 aromatic heterocycles. The van der Waals surface area contributed by atoms with Gasteiger partial charge in [0.15, 0.2) is 0 Å². The molecule has 0 fully saturated rings. The molecule has 2 heteroatoms. The van der Waals surface area contributed by atoms with Gasteiger partial charge in [0.25, 0.3) is 0 Å². The van der Waals surface area contributed by atoms with E-state index in [0.29, 0.717) is 6.61 Å². The predicted molar refractivity (Wildman–Crippen MR) is 91.1 cm³/mol. The molecule has 0 aliphatic heterocycles. The van der Waals surface area contributed by atoms with E-state index < -0.39 is 0 Å². The average molecular weight is 288 g/mol. The fraction of sp³-hybridized carbons (Fsp3) is 0.421. The van der Waals surface area contributed by atoms with Crippen molar-refractivity contribution in [2.24, 2.45) is 0 Å². The highest BCUT2D eigenvalue weighted by molar-refractivity contribution is 5.81. The number of benzene rings is 1. The molecule has 116 valence electrons. The summed E-state index contributed by atoms with van der Waals surface area (Å²) in [5.74, 6) is -0.312. The summed E-state index contributed by atoms with van der Waals surface area (Å²) in [7, 11) is 0. The third kappa shape index (κ3) is 12.9. The minimum atomic E-state index is -0.312. The van der Waals surface area contributed by atoms with Crippen molar-refractivity contribution >= 4 is 12.0 Å². The topological polar surface area (TPSA) is 26.3 Å². The van der Waals surface area contributed by atoms with Gasteiger partial charge in [-0.05, 0) is 12.0 Å². The van der Waals surface area contributed by atoms with Gasteiger partial charge in [-0.2, -0.15) is 0 Å². The minimum Gasteiger partial charge on any atom is -0.463 e. The Labute approximate surface area is 129 Å². The van der Waals surface area contributed by atoms with E-state index in [-0.39, 0.29) is 5.97 Å². The summed E-state index contributed by atoms with van der Waals surface area (Å²) < 4.78 is 4.84. The summed E-state index contributed by atoms with van der Waals surface area (Å²) in [6.07, 6.45) is 10.3. The second-order valence-corrected chi connectivity index (χ2v) is 4.75. The summed E-state index contributed by atoms with van der Waals surface area (Å²) in [5, 5.41) is 0. The van der Waals surface area contributed by atoms with Gasteiger partial charge in [-0.3, -0.25) is 0 Å². The molecule has 1 aromatic rings. The van der Waals surface area contributed by atoms with Gasteiger partial charge < -0.3 is 4.74 Å². The molecule has 0 atom stereocenters. The SMILES string of the molecule is C=CC(=O)OCCCCCCCC.C=Cc1ccccc1. The van der Waals surface area contributed by atoms with Gasteiger partial charge in [-0.25, -0.2) is 4.79 Å². The van der Waals surface area contributed by atoms with E-state index in [1.54, 1.807) is 0 Å². The number of ether oxygens (including phenoxy) is 1. The number of hydrogen-bond acceptors (Lipinski definition) is 2. The molecule has 21 heavy (non-hydrogen) atoms. The molecule has 0 amide bonds. The van der Waals surface area contributed by atoms with Gasteiger partial charge in [0.2, 0.25) is 0 Å². The van der Waals surface area contributed by atoms with E-state index in [9.17, 15) is 4.79 Å². The first-order chi connectivity index (χ1) is 10.2. The van der Waals surface area contributed by atoms with Gasteiger partial charge in [-0.15, -0.1) is 0 Å². The third-order valence-corrected chi connectivity index (χ3v) is 2.94. The number of carbonyl (C=O) groups is 1. The molecule has 0 saturated carbocycles. The minimum absolute atomic E-state index is 0.312. The fourth-order valence-corrected chi connectivity index (χ4v) is 1.70. The monoisotopic (exact) mass is 288 g/mol. The van der Waals surface area contributed by atoms with Crippen LogP contribution in [0.15, 0.2) is 49.6 Å². The maximum absolute atomic E-state index is 10.6. The molecule has 0 saturated heterocycles. The van der Waals surface area contributed by atoms with Crippen molar-refractivity contribution in [2.75, 3.05) is 6.61 Å². The van der Waals surface area contributed by atoms with Gasteiger partial charge in [-0.1, -0.05) is 88.6 Å². The lowest BCUT2D eigenvalue weighted by Gasteiger charge is -2.01. The van der Waals surface area contributed by atoms with Crippen LogP contribution in [-0.2, 0) is 9.53 Å². The number of rotatable bonds is 9. The maximum atomic E-state index is 10.6. The standard InChI is InChI=1S/C11H20O2.C8H8/c1-3-5-6-7-8-9-10-13-11(12)4-2;1-2-8-6-4-3-5-7-8/h4H,2-3,5-10H2,1H3;2-7H,1H2. The van der Waals surface area contributed by atoms with E-state index >= 15 is 0 Å². The van der Waals surface area contributed by atoms with Crippen LogP contribution < -0.4 is 0 Å². The number of hydrogen-bond donors (Lipinski definition) is 0. The lowest BCUT2D eigenvalue weighted by atomic mass is 10.1. The molecular weight excluding hydrogens is 260 g/mol. The first-order valence-electron chi connectivity index (χ1n) is 7.71. The van der Waals surface area contributed by atoms with Gasteiger partial charge in [0, 0.05) is 6.08 Å². The van der Waals surface area contributed by atoms with E-state index in [1.807, 2.05) is 36.4 Å². The Hall–Kier alpha value is -1.83. The summed E-state index contributed by atoms with van der Waals surface area (Å²) in [6, 6.07) is 10.0. The summed E-state index contributed by atoms with van der Waals surface area (Å²) in [6.45, 7) is 9.70. The Kier molecular flexibility index (Phi) is 13.3. The zero-order chi connectivity index (χ0) is 15.8. The quantitative estimate of drug-likeness (QED) is 0.345. The smallest absolute Gasteiger partial charge is 0.330 e. The van der Waals surface area contributed by atoms with Crippen LogP contribution in [0.5, 0.6) is 0 Å². The Morgan fingerprint density at radius 3 is 2.19 bits per heavy atom. The lowest BCUT2D eigenvalue weighted by Crippen LogP contribution is -2.01. The van der Waals surface area contributed by atoms with Crippen molar-refractivity contribution in [2.45, 2.75) is 45.4 Å². The van der Waals surface area contributed by atoms with E-state index in [1.165, 1.54) is 37.3 Å². The molecule has 2 nitrogen and oxygen atoms in total. The zero-order valence-corrected chi connectivity index (χ0v) is 13.2. The van der Waals surface area contributed by atoms with Crippen molar-refractivity contribution in [1.29, 1.82) is 0 Å². The molecule has 0 aliphatic rings. The van der Waals surface area contributed by atoms with Crippen molar-refractivity contribution in [1.82, 2.24) is 0 Å². The van der Waals surface area contributed by atoms with Crippen molar-refractivity contribution in [3.8, 4) is 0 Å².